The van der Waals surface area contributed by atoms with Crippen LogP contribution >= 0.6 is 38.9 Å². The predicted molar refractivity (Wildman–Crippen MR) is 102 cm³/mol. The van der Waals surface area contributed by atoms with Gasteiger partial charge in [0.15, 0.2) is 11.3 Å². The van der Waals surface area contributed by atoms with E-state index in [2.05, 4.69) is 26.2 Å². The highest BCUT2D eigenvalue weighted by atomic mass is 79.9. The topological polar surface area (TPSA) is 73.3 Å². The maximum atomic E-state index is 14.7. The molecule has 3 N–H and O–H groups in total. The number of furan rings is 1. The van der Waals surface area contributed by atoms with E-state index in [1.54, 1.807) is 11.3 Å². The summed E-state index contributed by atoms with van der Waals surface area (Å²) in [5.41, 5.74) is 6.41. The SMILES string of the molecule is COC[C@H](N)C(F)(F)c1oc2c(NCc3cccs3)cc(Cl)nc2c1Br. The lowest BCUT2D eigenvalue weighted by atomic mass is 10.1. The van der Waals surface area contributed by atoms with Gasteiger partial charge in [0, 0.05) is 24.6 Å². The molecule has 0 spiro atoms. The number of methoxy groups -OCH3 is 1. The molecule has 3 rings (SSSR count). The van der Waals surface area contributed by atoms with E-state index in [4.69, 9.17) is 26.5 Å². The molecule has 0 bridgehead atoms. The Kier molecular flexibility index (Phi) is 5.83. The Morgan fingerprint density at radius 2 is 2.31 bits per heavy atom. The minimum Gasteiger partial charge on any atom is -0.449 e. The van der Waals surface area contributed by atoms with Crippen molar-refractivity contribution in [2.24, 2.45) is 5.73 Å². The van der Waals surface area contributed by atoms with Gasteiger partial charge in [0.25, 0.3) is 0 Å². The third kappa shape index (κ3) is 3.72. The van der Waals surface area contributed by atoms with E-state index >= 15 is 0 Å². The number of hydrogen-bond acceptors (Lipinski definition) is 6. The Labute approximate surface area is 165 Å². The number of alkyl halides is 2. The van der Waals surface area contributed by atoms with Gasteiger partial charge in [0.2, 0.25) is 0 Å². The molecule has 0 aromatic carbocycles. The molecule has 0 aliphatic rings. The fourth-order valence-electron chi connectivity index (χ4n) is 2.40. The second kappa shape index (κ2) is 7.77. The molecule has 0 fully saturated rings. The molecule has 3 heterocycles. The van der Waals surface area contributed by atoms with E-state index in [9.17, 15) is 8.78 Å². The summed E-state index contributed by atoms with van der Waals surface area (Å²) in [4.78, 5) is 5.18. The van der Waals surface area contributed by atoms with Gasteiger partial charge in [-0.1, -0.05) is 17.7 Å². The Bertz CT molecular complexity index is 905. The number of pyridine rings is 1. The van der Waals surface area contributed by atoms with E-state index in [-0.39, 0.29) is 27.3 Å². The van der Waals surface area contributed by atoms with Gasteiger partial charge in [0.1, 0.15) is 16.7 Å². The molecular weight excluding hydrogens is 452 g/mol. The van der Waals surface area contributed by atoms with Gasteiger partial charge in [-0.25, -0.2) is 4.98 Å². The average Bonchev–Trinajstić information content (AvgIpc) is 3.22. The zero-order chi connectivity index (χ0) is 18.9. The van der Waals surface area contributed by atoms with Gasteiger partial charge in [-0.3, -0.25) is 0 Å². The van der Waals surface area contributed by atoms with Crippen molar-refractivity contribution in [2.45, 2.75) is 18.5 Å². The van der Waals surface area contributed by atoms with Crippen molar-refractivity contribution in [3.8, 4) is 0 Å². The molecule has 5 nitrogen and oxygen atoms in total. The Morgan fingerprint density at radius 3 is 2.96 bits per heavy atom. The lowest BCUT2D eigenvalue weighted by molar-refractivity contribution is -0.0684. The molecule has 0 amide bonds. The largest absolute Gasteiger partial charge is 0.449 e. The Balaban J connectivity index is 2.02. The Hall–Kier alpha value is -1.26. The van der Waals surface area contributed by atoms with Crippen LogP contribution in [-0.2, 0) is 17.2 Å². The van der Waals surface area contributed by atoms with Crippen LogP contribution in [0, 0.1) is 0 Å². The summed E-state index contributed by atoms with van der Waals surface area (Å²) in [7, 11) is 1.30. The van der Waals surface area contributed by atoms with Gasteiger partial charge >= 0.3 is 5.92 Å². The van der Waals surface area contributed by atoms with Crippen molar-refractivity contribution in [2.75, 3.05) is 19.0 Å². The summed E-state index contributed by atoms with van der Waals surface area (Å²) in [5.74, 6) is -4.06. The van der Waals surface area contributed by atoms with Gasteiger partial charge in [0.05, 0.1) is 16.8 Å². The van der Waals surface area contributed by atoms with Crippen LogP contribution < -0.4 is 11.1 Å². The standard InChI is InChI=1S/C16H15BrClF2N3O2S/c1-24-7-10(21)16(19,20)15-12(17)13-14(25-15)9(5-11(18)23-13)22-6-8-3-2-4-26-8/h2-5,10H,6-7,21H2,1H3,(H,22,23)/t10-/m0/s1. The Morgan fingerprint density at radius 1 is 1.54 bits per heavy atom. The van der Waals surface area contributed by atoms with E-state index in [0.717, 1.165) is 4.88 Å². The average molecular weight is 467 g/mol. The molecule has 0 aliphatic heterocycles. The molecule has 0 saturated heterocycles. The van der Waals surface area contributed by atoms with Crippen LogP contribution in [0.5, 0.6) is 0 Å². The van der Waals surface area contributed by atoms with Gasteiger partial charge < -0.3 is 20.2 Å². The molecule has 0 saturated carbocycles. The second-order valence-corrected chi connectivity index (χ2v) is 7.75. The number of rotatable bonds is 7. The summed E-state index contributed by atoms with van der Waals surface area (Å²) in [6.45, 7) is 0.175. The summed E-state index contributed by atoms with van der Waals surface area (Å²) < 4.78 is 39.6. The van der Waals surface area contributed by atoms with Crippen LogP contribution in [-0.4, -0.2) is 24.7 Å². The number of halogens is 4. The first-order valence-electron chi connectivity index (χ1n) is 7.52. The maximum Gasteiger partial charge on any atom is 0.322 e. The minimum absolute atomic E-state index is 0.0192. The first-order chi connectivity index (χ1) is 12.3. The first kappa shape index (κ1) is 19.5. The lowest BCUT2D eigenvalue weighted by Crippen LogP contribution is -2.42. The van der Waals surface area contributed by atoms with Crippen molar-refractivity contribution in [1.82, 2.24) is 4.98 Å². The monoisotopic (exact) mass is 465 g/mol. The number of nitrogens with zero attached hydrogens (tertiary/aromatic N) is 1. The molecule has 10 heteroatoms. The van der Waals surface area contributed by atoms with Gasteiger partial charge in [-0.05, 0) is 27.4 Å². The molecule has 3 aromatic heterocycles. The summed E-state index contributed by atoms with van der Waals surface area (Å²) >= 11 is 10.8. The third-order valence-corrected chi connectivity index (χ3v) is 5.51. The number of nitrogens with one attached hydrogen (secondary N) is 1. The number of ether oxygens (including phenoxy) is 1. The number of fused-ring (bicyclic) bond motifs is 1. The molecule has 0 aliphatic carbocycles. The highest BCUT2D eigenvalue weighted by molar-refractivity contribution is 9.10. The summed E-state index contributed by atoms with van der Waals surface area (Å²) in [6, 6.07) is 3.85. The fraction of sp³-hybridized carbons (Fsp3) is 0.312. The van der Waals surface area contributed by atoms with Crippen LogP contribution in [0.1, 0.15) is 10.6 Å². The summed E-state index contributed by atoms with van der Waals surface area (Å²) in [5, 5.41) is 5.25. The zero-order valence-electron chi connectivity index (χ0n) is 13.6. The van der Waals surface area contributed by atoms with Crippen molar-refractivity contribution >= 4 is 55.7 Å². The fourth-order valence-corrected chi connectivity index (χ4v) is 3.85. The number of anilines is 1. The van der Waals surface area contributed by atoms with Crippen molar-refractivity contribution in [3.05, 3.63) is 43.8 Å². The number of thiophene rings is 1. The molecular formula is C16H15BrClF2N3O2S. The molecule has 3 aromatic rings. The molecule has 0 unspecified atom stereocenters. The van der Waals surface area contributed by atoms with Crippen molar-refractivity contribution in [3.63, 3.8) is 0 Å². The van der Waals surface area contributed by atoms with E-state index in [1.807, 2.05) is 17.5 Å². The summed E-state index contributed by atoms with van der Waals surface area (Å²) in [6.07, 6.45) is 0. The van der Waals surface area contributed by atoms with Crippen LogP contribution in [0.4, 0.5) is 14.5 Å². The zero-order valence-corrected chi connectivity index (χ0v) is 16.7. The van der Waals surface area contributed by atoms with E-state index in [0.29, 0.717) is 12.2 Å². The molecule has 140 valence electrons. The maximum absolute atomic E-state index is 14.7. The van der Waals surface area contributed by atoms with Crippen LogP contribution in [0.15, 0.2) is 32.5 Å². The predicted octanol–water partition coefficient (Wildman–Crippen LogP) is 4.98. The van der Waals surface area contributed by atoms with Crippen molar-refractivity contribution in [1.29, 1.82) is 0 Å². The second-order valence-electron chi connectivity index (χ2n) is 5.53. The third-order valence-electron chi connectivity index (χ3n) is 3.70. The van der Waals surface area contributed by atoms with Gasteiger partial charge in [-0.2, -0.15) is 8.78 Å². The van der Waals surface area contributed by atoms with E-state index < -0.39 is 17.7 Å². The van der Waals surface area contributed by atoms with Crippen LogP contribution in [0.2, 0.25) is 5.15 Å². The molecule has 0 radical (unpaired) electrons. The van der Waals surface area contributed by atoms with Crippen LogP contribution in [0.25, 0.3) is 11.1 Å². The highest BCUT2D eigenvalue weighted by Gasteiger charge is 2.45. The van der Waals surface area contributed by atoms with Crippen molar-refractivity contribution < 1.29 is 17.9 Å². The minimum atomic E-state index is -3.45. The quantitative estimate of drug-likeness (QED) is 0.480. The van der Waals surface area contributed by atoms with E-state index in [1.165, 1.54) is 13.2 Å². The number of hydrogen-bond donors (Lipinski definition) is 2. The normalized spacial score (nSPS) is 13.3. The number of nitrogens with two attached hydrogens (primary N) is 1. The lowest BCUT2D eigenvalue weighted by Gasteiger charge is -2.21. The van der Waals surface area contributed by atoms with Gasteiger partial charge in [-0.15, -0.1) is 11.3 Å². The first-order valence-corrected chi connectivity index (χ1v) is 9.57. The smallest absolute Gasteiger partial charge is 0.322 e. The molecule has 1 atom stereocenters. The van der Waals surface area contributed by atoms with Crippen LogP contribution in [0.3, 0.4) is 0 Å². The molecule has 26 heavy (non-hydrogen) atoms. The highest BCUT2D eigenvalue weighted by Crippen LogP contribution is 2.43. The number of aromatic nitrogens is 1.